The molecule has 3 amide bonds. The zero-order valence-corrected chi connectivity index (χ0v) is 18.5. The second kappa shape index (κ2) is 9.02. The van der Waals surface area contributed by atoms with Crippen molar-refractivity contribution in [3.63, 3.8) is 0 Å². The molecule has 2 aliphatic rings. The highest BCUT2D eigenvalue weighted by molar-refractivity contribution is 6.19. The molecule has 7 nitrogen and oxygen atoms in total. The zero-order valence-electron chi connectivity index (χ0n) is 18.5. The summed E-state index contributed by atoms with van der Waals surface area (Å²) in [5, 5.41) is 11.2. The van der Waals surface area contributed by atoms with Gasteiger partial charge in [-0.2, -0.15) is 10.2 Å². The minimum Gasteiger partial charge on any atom is -0.325 e. The molecule has 0 aromatic heterocycles. The van der Waals surface area contributed by atoms with E-state index in [1.165, 1.54) is 4.90 Å². The van der Waals surface area contributed by atoms with Crippen molar-refractivity contribution in [2.75, 3.05) is 5.32 Å². The molecule has 1 aliphatic heterocycles. The van der Waals surface area contributed by atoms with Crippen molar-refractivity contribution >= 4 is 34.8 Å². The Morgan fingerprint density at radius 1 is 0.906 bits per heavy atom. The lowest BCUT2D eigenvalue weighted by molar-refractivity contribution is -0.144. The summed E-state index contributed by atoms with van der Waals surface area (Å²) in [6.07, 6.45) is 4.78. The fourth-order valence-corrected chi connectivity index (χ4v) is 4.54. The number of carbonyl (C=O) groups excluding carboxylic acids is 3. The van der Waals surface area contributed by atoms with Crippen molar-refractivity contribution in [3.8, 4) is 0 Å². The van der Waals surface area contributed by atoms with Crippen LogP contribution in [0.2, 0.25) is 0 Å². The standard InChI is InChI=1S/C25H28N4O3/c1-25(2)21(23(31)29(24(25)32)20-11-7-4-8-12-20)22(30)26-17-13-15-19(16-14-17)28-27-18-9-5-3-6-10-18/h3,5-6,9-10,13-16,20-21H,4,7-8,11-12H2,1-2H3,(H,26,30). The molecule has 2 aromatic rings. The van der Waals surface area contributed by atoms with E-state index in [0.717, 1.165) is 37.8 Å². The van der Waals surface area contributed by atoms with Crippen LogP contribution in [0, 0.1) is 11.3 Å². The van der Waals surface area contributed by atoms with Gasteiger partial charge in [-0.3, -0.25) is 19.3 Å². The smallest absolute Gasteiger partial charge is 0.243 e. The number of rotatable bonds is 5. The van der Waals surface area contributed by atoms with Gasteiger partial charge in [0, 0.05) is 11.7 Å². The monoisotopic (exact) mass is 432 g/mol. The van der Waals surface area contributed by atoms with E-state index >= 15 is 0 Å². The van der Waals surface area contributed by atoms with Crippen molar-refractivity contribution in [1.29, 1.82) is 0 Å². The van der Waals surface area contributed by atoms with Gasteiger partial charge in [-0.1, -0.05) is 37.5 Å². The Balaban J connectivity index is 1.45. The highest BCUT2D eigenvalue weighted by atomic mass is 16.2. The number of amides is 3. The molecule has 1 N–H and O–H groups in total. The molecule has 1 saturated carbocycles. The van der Waals surface area contributed by atoms with Crippen LogP contribution in [-0.2, 0) is 14.4 Å². The molecule has 1 unspecified atom stereocenters. The van der Waals surface area contributed by atoms with E-state index in [0.29, 0.717) is 11.4 Å². The average Bonchev–Trinajstić information content (AvgIpc) is 2.98. The first kappa shape index (κ1) is 21.9. The predicted octanol–water partition coefficient (Wildman–Crippen LogP) is 5.38. The van der Waals surface area contributed by atoms with Crippen LogP contribution in [0.25, 0.3) is 0 Å². The third kappa shape index (κ3) is 4.33. The van der Waals surface area contributed by atoms with Crippen LogP contribution in [0.3, 0.4) is 0 Å². The Kier molecular flexibility index (Phi) is 6.17. The Morgan fingerprint density at radius 3 is 2.12 bits per heavy atom. The first-order chi connectivity index (χ1) is 15.4. The molecule has 7 heteroatoms. The van der Waals surface area contributed by atoms with Gasteiger partial charge in [0.1, 0.15) is 5.92 Å². The maximum absolute atomic E-state index is 13.2. The third-order valence-electron chi connectivity index (χ3n) is 6.35. The van der Waals surface area contributed by atoms with Gasteiger partial charge in [0.2, 0.25) is 17.7 Å². The minimum atomic E-state index is -1.07. The van der Waals surface area contributed by atoms with E-state index in [4.69, 9.17) is 0 Å². The second-order valence-corrected chi connectivity index (χ2v) is 9.03. The quantitative estimate of drug-likeness (QED) is 0.390. The summed E-state index contributed by atoms with van der Waals surface area (Å²) in [5.41, 5.74) is 0.866. The van der Waals surface area contributed by atoms with Gasteiger partial charge >= 0.3 is 0 Å². The number of hydrogen-bond donors (Lipinski definition) is 1. The number of imide groups is 1. The molecule has 2 fully saturated rings. The van der Waals surface area contributed by atoms with Crippen LogP contribution in [0.4, 0.5) is 17.1 Å². The zero-order chi connectivity index (χ0) is 22.7. The maximum Gasteiger partial charge on any atom is 0.243 e. The first-order valence-corrected chi connectivity index (χ1v) is 11.1. The molecule has 1 heterocycles. The number of benzene rings is 2. The third-order valence-corrected chi connectivity index (χ3v) is 6.35. The van der Waals surface area contributed by atoms with Gasteiger partial charge in [0.25, 0.3) is 0 Å². The average molecular weight is 433 g/mol. The second-order valence-electron chi connectivity index (χ2n) is 9.03. The number of anilines is 1. The number of likely N-dealkylation sites (tertiary alicyclic amines) is 1. The van der Waals surface area contributed by atoms with Gasteiger partial charge in [-0.15, -0.1) is 0 Å². The van der Waals surface area contributed by atoms with Crippen molar-refractivity contribution in [1.82, 2.24) is 4.90 Å². The van der Waals surface area contributed by atoms with Crippen molar-refractivity contribution in [2.24, 2.45) is 21.6 Å². The summed E-state index contributed by atoms with van der Waals surface area (Å²) in [6, 6.07) is 16.2. The summed E-state index contributed by atoms with van der Waals surface area (Å²) in [7, 11) is 0. The summed E-state index contributed by atoms with van der Waals surface area (Å²) < 4.78 is 0. The van der Waals surface area contributed by atoms with Gasteiger partial charge in [-0.25, -0.2) is 0 Å². The molecule has 1 saturated heterocycles. The van der Waals surface area contributed by atoms with E-state index in [-0.39, 0.29) is 17.9 Å². The fraction of sp³-hybridized carbons (Fsp3) is 0.400. The van der Waals surface area contributed by atoms with E-state index < -0.39 is 17.2 Å². The normalized spacial score (nSPS) is 21.3. The van der Waals surface area contributed by atoms with Gasteiger partial charge in [0.15, 0.2) is 0 Å². The van der Waals surface area contributed by atoms with Gasteiger partial charge in [0.05, 0.1) is 16.8 Å². The Morgan fingerprint density at radius 2 is 1.50 bits per heavy atom. The lowest BCUT2D eigenvalue weighted by Gasteiger charge is -2.30. The number of azo groups is 1. The van der Waals surface area contributed by atoms with Crippen LogP contribution in [-0.4, -0.2) is 28.7 Å². The molecule has 1 aliphatic carbocycles. The van der Waals surface area contributed by atoms with Crippen molar-refractivity contribution in [3.05, 3.63) is 54.6 Å². The summed E-state index contributed by atoms with van der Waals surface area (Å²) in [6.45, 7) is 3.38. The lowest BCUT2D eigenvalue weighted by atomic mass is 9.80. The Bertz CT molecular complexity index is 1020. The summed E-state index contributed by atoms with van der Waals surface area (Å²) in [4.78, 5) is 40.6. The molecule has 2 aromatic carbocycles. The summed E-state index contributed by atoms with van der Waals surface area (Å²) in [5.74, 6) is -2.11. The number of carbonyl (C=O) groups is 3. The van der Waals surface area contributed by atoms with E-state index in [2.05, 4.69) is 15.5 Å². The fourth-order valence-electron chi connectivity index (χ4n) is 4.54. The topological polar surface area (TPSA) is 91.2 Å². The van der Waals surface area contributed by atoms with E-state index in [1.54, 1.807) is 38.1 Å². The molecular formula is C25H28N4O3. The highest BCUT2D eigenvalue weighted by Gasteiger charge is 2.58. The van der Waals surface area contributed by atoms with Crippen molar-refractivity contribution in [2.45, 2.75) is 52.0 Å². The molecule has 32 heavy (non-hydrogen) atoms. The molecular weight excluding hydrogens is 404 g/mol. The Labute approximate surface area is 187 Å². The first-order valence-electron chi connectivity index (χ1n) is 11.1. The molecule has 1 atom stereocenters. The molecule has 0 spiro atoms. The predicted molar refractivity (Wildman–Crippen MR) is 122 cm³/mol. The van der Waals surface area contributed by atoms with E-state index in [1.807, 2.05) is 30.3 Å². The number of nitrogens with one attached hydrogen (secondary N) is 1. The largest absolute Gasteiger partial charge is 0.325 e. The molecule has 4 rings (SSSR count). The Hall–Kier alpha value is -3.35. The van der Waals surface area contributed by atoms with Gasteiger partial charge < -0.3 is 5.32 Å². The van der Waals surface area contributed by atoms with Crippen LogP contribution in [0.1, 0.15) is 46.0 Å². The van der Waals surface area contributed by atoms with E-state index in [9.17, 15) is 14.4 Å². The number of nitrogens with zero attached hydrogens (tertiary/aromatic N) is 3. The lowest BCUT2D eigenvalue weighted by Crippen LogP contribution is -2.42. The van der Waals surface area contributed by atoms with Crippen molar-refractivity contribution < 1.29 is 14.4 Å². The maximum atomic E-state index is 13.2. The van der Waals surface area contributed by atoms with Crippen LogP contribution in [0.5, 0.6) is 0 Å². The van der Waals surface area contributed by atoms with Crippen LogP contribution in [0.15, 0.2) is 64.8 Å². The SMILES string of the molecule is CC1(C)C(=O)N(C2CCCCC2)C(=O)C1C(=O)Nc1ccc(N=Nc2ccccc2)cc1. The van der Waals surface area contributed by atoms with Gasteiger partial charge in [-0.05, 0) is 63.1 Å². The highest BCUT2D eigenvalue weighted by Crippen LogP contribution is 2.41. The minimum absolute atomic E-state index is 0.0879. The summed E-state index contributed by atoms with van der Waals surface area (Å²) >= 11 is 0. The number of hydrogen-bond acceptors (Lipinski definition) is 5. The molecule has 0 bridgehead atoms. The van der Waals surface area contributed by atoms with Crippen LogP contribution < -0.4 is 5.32 Å². The molecule has 0 radical (unpaired) electrons. The van der Waals surface area contributed by atoms with Crippen LogP contribution >= 0.6 is 0 Å². The molecule has 166 valence electrons.